The first-order valence-electron chi connectivity index (χ1n) is 6.86. The van der Waals surface area contributed by atoms with Crippen molar-refractivity contribution >= 4 is 9.84 Å². The lowest BCUT2D eigenvalue weighted by Crippen LogP contribution is -2.27. The number of sulfone groups is 1. The predicted molar refractivity (Wildman–Crippen MR) is 71.2 cm³/mol. The molecule has 1 heterocycles. The van der Waals surface area contributed by atoms with Crippen LogP contribution < -0.4 is 5.32 Å². The van der Waals surface area contributed by atoms with Crippen molar-refractivity contribution in [1.29, 1.82) is 0 Å². The highest BCUT2D eigenvalue weighted by Crippen LogP contribution is 2.35. The first-order chi connectivity index (χ1) is 9.09. The predicted octanol–water partition coefficient (Wildman–Crippen LogP) is 2.58. The molecule has 3 rings (SSSR count). The van der Waals surface area contributed by atoms with Crippen LogP contribution in [0.2, 0.25) is 0 Å². The highest BCUT2D eigenvalue weighted by Gasteiger charge is 2.38. The molecule has 1 saturated heterocycles. The lowest BCUT2D eigenvalue weighted by Gasteiger charge is -2.24. The van der Waals surface area contributed by atoms with E-state index in [2.05, 4.69) is 5.32 Å². The van der Waals surface area contributed by atoms with Gasteiger partial charge in [-0.25, -0.2) is 12.8 Å². The molecule has 1 atom stereocenters. The Labute approximate surface area is 113 Å². The van der Waals surface area contributed by atoms with Crippen molar-refractivity contribution in [1.82, 2.24) is 5.32 Å². The van der Waals surface area contributed by atoms with Gasteiger partial charge in [-0.1, -0.05) is 12.5 Å². The van der Waals surface area contributed by atoms with E-state index in [0.717, 1.165) is 31.4 Å². The van der Waals surface area contributed by atoms with Crippen LogP contribution >= 0.6 is 0 Å². The van der Waals surface area contributed by atoms with Gasteiger partial charge in [0, 0.05) is 6.04 Å². The fourth-order valence-corrected chi connectivity index (χ4v) is 4.36. The van der Waals surface area contributed by atoms with E-state index in [4.69, 9.17) is 0 Å². The second-order valence-corrected chi connectivity index (χ2v) is 7.63. The van der Waals surface area contributed by atoms with Crippen molar-refractivity contribution in [2.75, 3.05) is 6.54 Å². The Morgan fingerprint density at radius 1 is 1.16 bits per heavy atom. The molecule has 0 amide bonds. The van der Waals surface area contributed by atoms with Crippen molar-refractivity contribution < 1.29 is 12.8 Å². The number of hydrogen-bond donors (Lipinski definition) is 1. The Bertz CT molecular complexity index is 575. The van der Waals surface area contributed by atoms with Gasteiger partial charge in [-0.05, 0) is 49.9 Å². The maximum atomic E-state index is 14.1. The van der Waals surface area contributed by atoms with E-state index < -0.39 is 15.7 Å². The number of rotatable bonds is 3. The maximum Gasteiger partial charge on any atom is 0.184 e. The van der Waals surface area contributed by atoms with E-state index in [9.17, 15) is 12.8 Å². The van der Waals surface area contributed by atoms with Crippen LogP contribution in [0.4, 0.5) is 4.39 Å². The second kappa shape index (κ2) is 4.87. The van der Waals surface area contributed by atoms with Crippen molar-refractivity contribution in [3.63, 3.8) is 0 Å². The smallest absolute Gasteiger partial charge is 0.184 e. The summed E-state index contributed by atoms with van der Waals surface area (Å²) in [5, 5.41) is 2.98. The van der Waals surface area contributed by atoms with Crippen molar-refractivity contribution in [2.45, 2.75) is 48.3 Å². The van der Waals surface area contributed by atoms with Crippen LogP contribution in [0.25, 0.3) is 0 Å². The van der Waals surface area contributed by atoms with Crippen LogP contribution in [-0.4, -0.2) is 20.2 Å². The molecule has 1 saturated carbocycles. The number of benzene rings is 1. The average molecular weight is 283 g/mol. The van der Waals surface area contributed by atoms with Crippen molar-refractivity contribution in [2.24, 2.45) is 0 Å². The molecule has 0 spiro atoms. The third-order valence-corrected chi connectivity index (χ3v) is 6.23. The average Bonchev–Trinajstić information content (AvgIpc) is 3.24. The summed E-state index contributed by atoms with van der Waals surface area (Å²) in [6.45, 7) is 0.939. The maximum absolute atomic E-state index is 14.1. The quantitative estimate of drug-likeness (QED) is 0.927. The van der Waals surface area contributed by atoms with E-state index in [1.54, 1.807) is 6.07 Å². The number of hydrogen-bond acceptors (Lipinski definition) is 3. The molecule has 0 radical (unpaired) electrons. The third-order valence-electron chi connectivity index (χ3n) is 3.94. The van der Waals surface area contributed by atoms with Crippen LogP contribution in [0, 0.1) is 5.82 Å². The molecule has 1 aromatic carbocycles. The van der Waals surface area contributed by atoms with E-state index in [1.165, 1.54) is 12.1 Å². The molecule has 1 unspecified atom stereocenters. The molecule has 0 aromatic heterocycles. The summed E-state index contributed by atoms with van der Waals surface area (Å²) in [4.78, 5) is -0.130. The van der Waals surface area contributed by atoms with E-state index in [0.29, 0.717) is 12.8 Å². The molecule has 2 fully saturated rings. The Morgan fingerprint density at radius 3 is 2.53 bits per heavy atom. The topological polar surface area (TPSA) is 46.2 Å². The van der Waals surface area contributed by atoms with Gasteiger partial charge in [0.1, 0.15) is 10.7 Å². The van der Waals surface area contributed by atoms with Gasteiger partial charge < -0.3 is 5.32 Å². The highest BCUT2D eigenvalue weighted by atomic mass is 32.2. The molecule has 5 heteroatoms. The zero-order chi connectivity index (χ0) is 13.5. The molecule has 1 aromatic rings. The number of halogens is 1. The highest BCUT2D eigenvalue weighted by molar-refractivity contribution is 7.92. The Kier molecular flexibility index (Phi) is 3.35. The summed E-state index contributed by atoms with van der Waals surface area (Å²) in [5.41, 5.74) is 0.854. The number of piperidine rings is 1. The Morgan fingerprint density at radius 2 is 1.95 bits per heavy atom. The van der Waals surface area contributed by atoms with Gasteiger partial charge in [0.2, 0.25) is 0 Å². The molecular formula is C14H18FNO2S. The van der Waals surface area contributed by atoms with E-state index in [1.807, 2.05) is 0 Å². The van der Waals surface area contributed by atoms with Gasteiger partial charge in [-0.3, -0.25) is 0 Å². The summed E-state index contributed by atoms with van der Waals surface area (Å²) in [6.07, 6.45) is 4.57. The minimum atomic E-state index is -3.44. The van der Waals surface area contributed by atoms with Crippen molar-refractivity contribution in [3.8, 4) is 0 Å². The van der Waals surface area contributed by atoms with Gasteiger partial charge in [0.15, 0.2) is 9.84 Å². The summed E-state index contributed by atoms with van der Waals surface area (Å²) < 4.78 is 38.2. The molecule has 3 nitrogen and oxygen atoms in total. The molecule has 1 N–H and O–H groups in total. The molecule has 104 valence electrons. The minimum absolute atomic E-state index is 0.130. The van der Waals surface area contributed by atoms with Crippen LogP contribution in [0.15, 0.2) is 23.1 Å². The fraction of sp³-hybridized carbons (Fsp3) is 0.571. The van der Waals surface area contributed by atoms with Crippen molar-refractivity contribution in [3.05, 3.63) is 29.6 Å². The van der Waals surface area contributed by atoms with Crippen LogP contribution in [0.3, 0.4) is 0 Å². The van der Waals surface area contributed by atoms with E-state index in [-0.39, 0.29) is 16.2 Å². The summed E-state index contributed by atoms with van der Waals surface area (Å²) >= 11 is 0. The third kappa shape index (κ3) is 2.54. The summed E-state index contributed by atoms with van der Waals surface area (Å²) in [5.74, 6) is -0.600. The van der Waals surface area contributed by atoms with E-state index >= 15 is 0 Å². The standard InChI is InChI=1S/C14H18FNO2S/c15-12-9-10(13-3-1-2-8-16-13)4-7-14(12)19(17,18)11-5-6-11/h4,7,9,11,13,16H,1-3,5-6,8H2. The van der Waals surface area contributed by atoms with Crippen LogP contribution in [0.1, 0.15) is 43.7 Å². The second-order valence-electron chi connectivity index (χ2n) is 5.44. The SMILES string of the molecule is O=S(=O)(c1ccc(C2CCCCN2)cc1F)C1CC1. The molecule has 2 aliphatic rings. The van der Waals surface area contributed by atoms with Gasteiger partial charge >= 0.3 is 0 Å². The summed E-state index contributed by atoms with van der Waals surface area (Å²) in [6, 6.07) is 4.73. The summed E-state index contributed by atoms with van der Waals surface area (Å²) in [7, 11) is -3.44. The molecular weight excluding hydrogens is 265 g/mol. The molecule has 19 heavy (non-hydrogen) atoms. The van der Waals surface area contributed by atoms with Gasteiger partial charge in [-0.2, -0.15) is 0 Å². The monoisotopic (exact) mass is 283 g/mol. The molecule has 1 aliphatic carbocycles. The van der Waals surface area contributed by atoms with Crippen LogP contribution in [0.5, 0.6) is 0 Å². The first-order valence-corrected chi connectivity index (χ1v) is 8.40. The first kappa shape index (κ1) is 13.1. The lowest BCUT2D eigenvalue weighted by atomic mass is 9.97. The zero-order valence-corrected chi connectivity index (χ0v) is 11.5. The molecule has 1 aliphatic heterocycles. The van der Waals surface area contributed by atoms with Gasteiger partial charge in [0.25, 0.3) is 0 Å². The molecule has 0 bridgehead atoms. The minimum Gasteiger partial charge on any atom is -0.310 e. The number of nitrogens with one attached hydrogen (secondary N) is 1. The Hall–Kier alpha value is -0.940. The van der Waals surface area contributed by atoms with Gasteiger partial charge in [0.05, 0.1) is 5.25 Å². The normalized spacial score (nSPS) is 24.4. The largest absolute Gasteiger partial charge is 0.310 e. The Balaban J connectivity index is 1.89. The van der Waals surface area contributed by atoms with Crippen LogP contribution in [-0.2, 0) is 9.84 Å². The fourth-order valence-electron chi connectivity index (χ4n) is 2.66. The lowest BCUT2D eigenvalue weighted by molar-refractivity contribution is 0.410. The van der Waals surface area contributed by atoms with Gasteiger partial charge in [-0.15, -0.1) is 0 Å². The zero-order valence-electron chi connectivity index (χ0n) is 10.7.